The van der Waals surface area contributed by atoms with Gasteiger partial charge in [-0.25, -0.2) is 4.68 Å². The molecule has 0 saturated carbocycles. The number of amides is 1. The quantitative estimate of drug-likeness (QED) is 0.427. The van der Waals surface area contributed by atoms with E-state index >= 15 is 0 Å². The van der Waals surface area contributed by atoms with Crippen LogP contribution in [0.1, 0.15) is 10.5 Å². The molecule has 1 aromatic heterocycles. The van der Waals surface area contributed by atoms with Gasteiger partial charge in [0.25, 0.3) is 11.6 Å². The van der Waals surface area contributed by atoms with E-state index in [1.165, 1.54) is 29.1 Å². The minimum Gasteiger partial charge on any atom is -0.470 e. The number of ether oxygens (including phenoxy) is 1. The van der Waals surface area contributed by atoms with Crippen LogP contribution in [0.2, 0.25) is 15.1 Å². The van der Waals surface area contributed by atoms with Crippen molar-refractivity contribution in [2.75, 3.05) is 5.32 Å². The standard InChI is InChI=1S/C17H11Cl3N4O4/c18-10-4-5-12(14(8-10)24(26)27)21-17(25)13-6-7-23(22-13)9-28-15-3-1-2-11(19)16(15)20/h1-8H,9H2,(H,21,25). The van der Waals surface area contributed by atoms with Gasteiger partial charge < -0.3 is 10.1 Å². The Bertz CT molecular complexity index is 1050. The largest absolute Gasteiger partial charge is 0.470 e. The number of hydrogen-bond donors (Lipinski definition) is 1. The summed E-state index contributed by atoms with van der Waals surface area (Å²) in [5.41, 5.74) is -0.264. The number of anilines is 1. The molecule has 11 heteroatoms. The Morgan fingerprint density at radius 3 is 2.75 bits per heavy atom. The Balaban J connectivity index is 1.69. The molecule has 0 bridgehead atoms. The first-order chi connectivity index (χ1) is 13.3. The monoisotopic (exact) mass is 440 g/mol. The Morgan fingerprint density at radius 1 is 1.21 bits per heavy atom. The first kappa shape index (κ1) is 19.9. The summed E-state index contributed by atoms with van der Waals surface area (Å²) < 4.78 is 6.89. The maximum absolute atomic E-state index is 12.3. The highest BCUT2D eigenvalue weighted by molar-refractivity contribution is 6.42. The van der Waals surface area contributed by atoms with E-state index < -0.39 is 10.8 Å². The van der Waals surface area contributed by atoms with E-state index in [0.717, 1.165) is 6.07 Å². The second kappa shape index (κ2) is 8.47. The summed E-state index contributed by atoms with van der Waals surface area (Å²) in [6.45, 7) is -0.0194. The molecule has 3 rings (SSSR count). The molecule has 0 fully saturated rings. The van der Waals surface area contributed by atoms with Crippen LogP contribution >= 0.6 is 34.8 Å². The van der Waals surface area contributed by atoms with Crippen molar-refractivity contribution in [2.24, 2.45) is 0 Å². The molecule has 0 radical (unpaired) electrons. The highest BCUT2D eigenvalue weighted by Crippen LogP contribution is 2.31. The van der Waals surface area contributed by atoms with Gasteiger partial charge in [-0.1, -0.05) is 40.9 Å². The lowest BCUT2D eigenvalue weighted by atomic mass is 10.2. The van der Waals surface area contributed by atoms with Gasteiger partial charge in [0.1, 0.15) is 16.5 Å². The fraction of sp³-hybridized carbons (Fsp3) is 0.0588. The van der Waals surface area contributed by atoms with Crippen molar-refractivity contribution < 1.29 is 14.5 Å². The molecular formula is C17H11Cl3N4O4. The van der Waals surface area contributed by atoms with Crippen molar-refractivity contribution in [3.63, 3.8) is 0 Å². The summed E-state index contributed by atoms with van der Waals surface area (Å²) in [6, 6.07) is 10.3. The molecule has 8 nitrogen and oxygen atoms in total. The minimum atomic E-state index is -0.636. The molecule has 0 aliphatic carbocycles. The number of aromatic nitrogens is 2. The van der Waals surface area contributed by atoms with Gasteiger partial charge in [0.2, 0.25) is 0 Å². The molecule has 0 aliphatic rings. The molecule has 0 spiro atoms. The topological polar surface area (TPSA) is 99.3 Å². The molecule has 1 amide bonds. The summed E-state index contributed by atoms with van der Waals surface area (Å²) >= 11 is 17.7. The second-order valence-corrected chi connectivity index (χ2v) is 6.66. The molecular weight excluding hydrogens is 431 g/mol. The number of hydrogen-bond acceptors (Lipinski definition) is 5. The van der Waals surface area contributed by atoms with Crippen LogP contribution in [0.5, 0.6) is 5.75 Å². The molecule has 1 heterocycles. The number of benzene rings is 2. The number of nitrogens with one attached hydrogen (secondary N) is 1. The summed E-state index contributed by atoms with van der Waals surface area (Å²) in [4.78, 5) is 22.8. The predicted molar refractivity (Wildman–Crippen MR) is 105 cm³/mol. The van der Waals surface area contributed by atoms with Gasteiger partial charge in [-0.15, -0.1) is 0 Å². The van der Waals surface area contributed by atoms with Crippen LogP contribution in [0.15, 0.2) is 48.7 Å². The third kappa shape index (κ3) is 4.53. The SMILES string of the molecule is O=C(Nc1ccc(Cl)cc1[N+](=O)[O-])c1ccn(COc2cccc(Cl)c2Cl)n1. The zero-order chi connectivity index (χ0) is 20.3. The van der Waals surface area contributed by atoms with Crippen molar-refractivity contribution in [3.05, 3.63) is 79.5 Å². The number of carbonyl (C=O) groups is 1. The molecule has 144 valence electrons. The highest BCUT2D eigenvalue weighted by atomic mass is 35.5. The van der Waals surface area contributed by atoms with Crippen molar-refractivity contribution in [1.29, 1.82) is 0 Å². The molecule has 28 heavy (non-hydrogen) atoms. The fourth-order valence-corrected chi connectivity index (χ4v) is 2.75. The van der Waals surface area contributed by atoms with E-state index in [0.29, 0.717) is 10.8 Å². The first-order valence-electron chi connectivity index (χ1n) is 7.70. The number of nitrogens with zero attached hydrogens (tertiary/aromatic N) is 3. The van der Waals surface area contributed by atoms with Crippen LogP contribution in [0.25, 0.3) is 0 Å². The number of rotatable bonds is 6. The third-order valence-corrected chi connectivity index (χ3v) is 4.58. The van der Waals surface area contributed by atoms with Crippen LogP contribution in [0.4, 0.5) is 11.4 Å². The van der Waals surface area contributed by atoms with Crippen LogP contribution in [-0.2, 0) is 6.73 Å². The van der Waals surface area contributed by atoms with Crippen LogP contribution in [0, 0.1) is 10.1 Å². The summed E-state index contributed by atoms with van der Waals surface area (Å²) in [7, 11) is 0. The average molecular weight is 442 g/mol. The summed E-state index contributed by atoms with van der Waals surface area (Å²) in [5.74, 6) is -0.252. The molecule has 0 atom stereocenters. The van der Waals surface area contributed by atoms with Gasteiger partial charge in [0.05, 0.1) is 9.95 Å². The zero-order valence-electron chi connectivity index (χ0n) is 13.9. The maximum Gasteiger partial charge on any atom is 0.294 e. The van der Waals surface area contributed by atoms with Crippen LogP contribution in [0.3, 0.4) is 0 Å². The van der Waals surface area contributed by atoms with E-state index in [1.54, 1.807) is 18.2 Å². The lowest BCUT2D eigenvalue weighted by Crippen LogP contribution is -2.15. The molecule has 2 aromatic carbocycles. The molecule has 0 unspecified atom stereocenters. The van der Waals surface area contributed by atoms with E-state index in [1.807, 2.05) is 0 Å². The number of nitro benzene ring substituents is 1. The van der Waals surface area contributed by atoms with Gasteiger partial charge in [-0.3, -0.25) is 14.9 Å². The van der Waals surface area contributed by atoms with Crippen molar-refractivity contribution in [1.82, 2.24) is 9.78 Å². The normalized spacial score (nSPS) is 10.5. The molecule has 1 N–H and O–H groups in total. The van der Waals surface area contributed by atoms with Gasteiger partial charge in [-0.05, 0) is 30.3 Å². The average Bonchev–Trinajstić information content (AvgIpc) is 3.13. The number of carbonyl (C=O) groups excluding carboxylic acids is 1. The van der Waals surface area contributed by atoms with Crippen molar-refractivity contribution in [2.45, 2.75) is 6.73 Å². The van der Waals surface area contributed by atoms with Gasteiger partial charge in [-0.2, -0.15) is 5.10 Å². The first-order valence-corrected chi connectivity index (χ1v) is 8.84. The fourth-order valence-electron chi connectivity index (χ4n) is 2.23. The third-order valence-electron chi connectivity index (χ3n) is 3.55. The summed E-state index contributed by atoms with van der Waals surface area (Å²) in [5, 5.41) is 18.4. The Kier molecular flexibility index (Phi) is 6.03. The Hall–Kier alpha value is -2.81. The van der Waals surface area contributed by atoms with E-state index in [4.69, 9.17) is 39.5 Å². The van der Waals surface area contributed by atoms with Crippen LogP contribution < -0.4 is 10.1 Å². The smallest absolute Gasteiger partial charge is 0.294 e. The maximum atomic E-state index is 12.3. The lowest BCUT2D eigenvalue weighted by Gasteiger charge is -2.08. The Labute approximate surface area is 173 Å². The molecule has 3 aromatic rings. The number of halogens is 3. The highest BCUT2D eigenvalue weighted by Gasteiger charge is 2.18. The summed E-state index contributed by atoms with van der Waals surface area (Å²) in [6.07, 6.45) is 1.52. The second-order valence-electron chi connectivity index (χ2n) is 5.44. The zero-order valence-corrected chi connectivity index (χ0v) is 16.2. The van der Waals surface area contributed by atoms with Gasteiger partial charge >= 0.3 is 0 Å². The van der Waals surface area contributed by atoms with Gasteiger partial charge in [0, 0.05) is 17.3 Å². The lowest BCUT2D eigenvalue weighted by molar-refractivity contribution is -0.383. The molecule has 0 aliphatic heterocycles. The van der Waals surface area contributed by atoms with E-state index in [9.17, 15) is 14.9 Å². The van der Waals surface area contributed by atoms with Crippen LogP contribution in [-0.4, -0.2) is 20.6 Å². The number of nitro groups is 1. The minimum absolute atomic E-state index is 0.0101. The van der Waals surface area contributed by atoms with Crippen molar-refractivity contribution in [3.8, 4) is 5.75 Å². The predicted octanol–water partition coefficient (Wildman–Crippen LogP) is 5.04. The van der Waals surface area contributed by atoms with E-state index in [-0.39, 0.29) is 33.8 Å². The van der Waals surface area contributed by atoms with Crippen molar-refractivity contribution >= 4 is 52.1 Å². The van der Waals surface area contributed by atoms with Gasteiger partial charge in [0.15, 0.2) is 12.4 Å². The molecule has 0 saturated heterocycles. The Morgan fingerprint density at radius 2 is 2.00 bits per heavy atom. The van der Waals surface area contributed by atoms with E-state index in [2.05, 4.69) is 10.4 Å².